The number of nitrogens with one attached hydrogen (secondary N) is 5. The van der Waals surface area contributed by atoms with E-state index in [9.17, 15) is 4.79 Å². The summed E-state index contributed by atoms with van der Waals surface area (Å²) in [5, 5.41) is 20.3. The van der Waals surface area contributed by atoms with Gasteiger partial charge in [-0.1, -0.05) is 6.07 Å². The Kier molecular flexibility index (Phi) is 7.72. The van der Waals surface area contributed by atoms with Crippen LogP contribution in [-0.4, -0.2) is 48.2 Å². The minimum absolute atomic E-state index is 0.0207. The van der Waals surface area contributed by atoms with Crippen LogP contribution in [0.4, 0.5) is 11.5 Å². The molecular weight excluding hydrogens is 456 g/mol. The average molecular weight is 495 g/mol. The van der Waals surface area contributed by atoms with Gasteiger partial charge in [0.25, 0.3) is 0 Å². The molecule has 1 aromatic carbocycles. The number of rotatable bonds is 8. The van der Waals surface area contributed by atoms with Crippen LogP contribution in [0, 0.1) is 11.3 Å². The maximum atomic E-state index is 12.9. The fourth-order valence-electron chi connectivity index (χ4n) is 5.64. The number of hydrogen-bond acceptors (Lipinski definition) is 7. The largest absolute Gasteiger partial charge is 0.450 e. The highest BCUT2D eigenvalue weighted by Crippen LogP contribution is 2.42. The molecule has 10 nitrogen and oxygen atoms in total. The lowest BCUT2D eigenvalue weighted by molar-refractivity contribution is 0.261. The average Bonchev–Trinajstić information content (AvgIpc) is 2.89. The van der Waals surface area contributed by atoms with Crippen molar-refractivity contribution in [3.05, 3.63) is 40.4 Å². The SMILES string of the molecule is N=C(N)NCCCNCC1CCC(n2cc3c(nc2=O)Nc2cc(C4CCNCC4)ccc2O3)CC1. The molecule has 3 aliphatic rings. The third-order valence-corrected chi connectivity index (χ3v) is 7.69. The van der Waals surface area contributed by atoms with Crippen LogP contribution < -0.4 is 37.4 Å². The minimum atomic E-state index is -0.220. The first-order chi connectivity index (χ1) is 17.6. The summed E-state index contributed by atoms with van der Waals surface area (Å²) < 4.78 is 7.96. The number of piperidine rings is 1. The molecule has 1 aromatic heterocycles. The molecule has 2 aliphatic heterocycles. The molecule has 7 N–H and O–H groups in total. The first-order valence-electron chi connectivity index (χ1n) is 13.3. The van der Waals surface area contributed by atoms with Crippen LogP contribution in [0.15, 0.2) is 29.2 Å². The van der Waals surface area contributed by atoms with E-state index in [2.05, 4.69) is 38.4 Å². The molecule has 0 atom stereocenters. The molecular formula is C26H38N8O2. The zero-order chi connectivity index (χ0) is 24.9. The molecule has 10 heteroatoms. The summed E-state index contributed by atoms with van der Waals surface area (Å²) >= 11 is 0. The molecule has 5 rings (SSSR count). The van der Waals surface area contributed by atoms with E-state index in [4.69, 9.17) is 15.9 Å². The van der Waals surface area contributed by atoms with Crippen molar-refractivity contribution in [3.63, 3.8) is 0 Å². The van der Waals surface area contributed by atoms with Gasteiger partial charge in [-0.05, 0) is 101 Å². The summed E-state index contributed by atoms with van der Waals surface area (Å²) in [7, 11) is 0. The fourth-order valence-corrected chi connectivity index (χ4v) is 5.64. The maximum Gasteiger partial charge on any atom is 0.350 e. The smallest absolute Gasteiger partial charge is 0.350 e. The number of nitrogens with zero attached hydrogens (tertiary/aromatic N) is 2. The standard InChI is InChI=1S/C26H38N8O2/c27-25(28)31-11-1-10-30-15-17-2-5-20(6-3-17)34-16-23-24(33-26(34)35)32-21-14-19(4-7-22(21)36-23)18-8-12-29-13-9-18/h4,7,14,16-18,20,29-30H,1-3,5-6,8-13,15H2,(H4,27,28,31)(H,32,33,35). The van der Waals surface area contributed by atoms with E-state index in [1.54, 1.807) is 4.57 Å². The molecule has 1 saturated heterocycles. The maximum absolute atomic E-state index is 12.9. The molecule has 2 fully saturated rings. The topological polar surface area (TPSA) is 142 Å². The first kappa shape index (κ1) is 24.6. The van der Waals surface area contributed by atoms with E-state index in [-0.39, 0.29) is 17.7 Å². The lowest BCUT2D eigenvalue weighted by atomic mass is 9.86. The zero-order valence-electron chi connectivity index (χ0n) is 20.8. The molecule has 3 heterocycles. The van der Waals surface area contributed by atoms with Crippen LogP contribution in [0.3, 0.4) is 0 Å². The Morgan fingerprint density at radius 1 is 1.14 bits per heavy atom. The molecule has 1 saturated carbocycles. The highest BCUT2D eigenvalue weighted by molar-refractivity contribution is 5.74. The minimum Gasteiger partial charge on any atom is -0.450 e. The van der Waals surface area contributed by atoms with Gasteiger partial charge < -0.3 is 31.7 Å². The van der Waals surface area contributed by atoms with E-state index < -0.39 is 0 Å². The molecule has 0 spiro atoms. The van der Waals surface area contributed by atoms with Crippen molar-refractivity contribution in [3.8, 4) is 11.5 Å². The second kappa shape index (κ2) is 11.3. The van der Waals surface area contributed by atoms with Crippen LogP contribution in [0.25, 0.3) is 0 Å². The van der Waals surface area contributed by atoms with E-state index >= 15 is 0 Å². The van der Waals surface area contributed by atoms with Gasteiger partial charge in [0.15, 0.2) is 23.3 Å². The normalized spacial score (nSPS) is 21.6. The predicted octanol–water partition coefficient (Wildman–Crippen LogP) is 2.75. The number of ether oxygens (including phenoxy) is 1. The monoisotopic (exact) mass is 494 g/mol. The predicted molar refractivity (Wildman–Crippen MR) is 142 cm³/mol. The molecule has 1 aliphatic carbocycles. The molecule has 194 valence electrons. The number of aromatic nitrogens is 2. The second-order valence-corrected chi connectivity index (χ2v) is 10.2. The van der Waals surface area contributed by atoms with Gasteiger partial charge in [-0.25, -0.2) is 4.79 Å². The number of hydrogen-bond donors (Lipinski definition) is 6. The van der Waals surface area contributed by atoms with Crippen molar-refractivity contribution in [2.75, 3.05) is 38.0 Å². The Morgan fingerprint density at radius 2 is 1.94 bits per heavy atom. The van der Waals surface area contributed by atoms with Gasteiger partial charge in [-0.2, -0.15) is 4.98 Å². The van der Waals surface area contributed by atoms with Crippen molar-refractivity contribution >= 4 is 17.5 Å². The van der Waals surface area contributed by atoms with Gasteiger partial charge >= 0.3 is 5.69 Å². The van der Waals surface area contributed by atoms with Gasteiger partial charge in [-0.3, -0.25) is 9.98 Å². The molecule has 0 unspecified atom stereocenters. The number of fused-ring (bicyclic) bond motifs is 2. The summed E-state index contributed by atoms with van der Waals surface area (Å²) in [6.07, 6.45) is 9.12. The Hall–Kier alpha value is -3.11. The van der Waals surface area contributed by atoms with E-state index in [1.165, 1.54) is 5.56 Å². The van der Waals surface area contributed by atoms with E-state index in [0.717, 1.165) is 82.6 Å². The second-order valence-electron chi connectivity index (χ2n) is 10.2. The van der Waals surface area contributed by atoms with Crippen molar-refractivity contribution < 1.29 is 4.74 Å². The molecule has 36 heavy (non-hydrogen) atoms. The van der Waals surface area contributed by atoms with E-state index in [1.807, 2.05) is 12.3 Å². The fraction of sp³-hybridized carbons (Fsp3) is 0.577. The lowest BCUT2D eigenvalue weighted by Crippen LogP contribution is -2.34. The van der Waals surface area contributed by atoms with Crippen molar-refractivity contribution in [2.45, 2.75) is 56.9 Å². The highest BCUT2D eigenvalue weighted by Gasteiger charge is 2.27. The molecule has 2 aromatic rings. The van der Waals surface area contributed by atoms with Gasteiger partial charge in [0.05, 0.1) is 11.9 Å². The Balaban J connectivity index is 1.16. The van der Waals surface area contributed by atoms with E-state index in [0.29, 0.717) is 29.9 Å². The number of benzene rings is 1. The van der Waals surface area contributed by atoms with Gasteiger partial charge in [-0.15, -0.1) is 0 Å². The van der Waals surface area contributed by atoms with Crippen molar-refractivity contribution in [2.24, 2.45) is 11.7 Å². The molecule has 0 amide bonds. The summed E-state index contributed by atoms with van der Waals surface area (Å²) in [4.78, 5) is 17.3. The van der Waals surface area contributed by atoms with Crippen LogP contribution in [0.5, 0.6) is 11.5 Å². The quantitative estimate of drug-likeness (QED) is 0.159. The molecule has 0 radical (unpaired) electrons. The van der Waals surface area contributed by atoms with Crippen LogP contribution >= 0.6 is 0 Å². The van der Waals surface area contributed by atoms with Crippen LogP contribution in [0.1, 0.15) is 62.5 Å². The zero-order valence-corrected chi connectivity index (χ0v) is 20.8. The summed E-state index contributed by atoms with van der Waals surface area (Å²) in [5.74, 6) is 3.08. The number of nitrogens with two attached hydrogens (primary N) is 1. The number of guanidine groups is 1. The summed E-state index contributed by atoms with van der Waals surface area (Å²) in [6.45, 7) is 4.69. The summed E-state index contributed by atoms with van der Waals surface area (Å²) in [5.41, 5.74) is 7.27. The summed E-state index contributed by atoms with van der Waals surface area (Å²) in [6, 6.07) is 6.50. The number of anilines is 2. The Morgan fingerprint density at radius 3 is 2.72 bits per heavy atom. The van der Waals surface area contributed by atoms with Gasteiger partial charge in [0.2, 0.25) is 0 Å². The first-order valence-corrected chi connectivity index (χ1v) is 13.3. The molecule has 0 bridgehead atoms. The Labute approximate surface area is 211 Å². The van der Waals surface area contributed by atoms with Gasteiger partial charge in [0.1, 0.15) is 0 Å². The van der Waals surface area contributed by atoms with Crippen molar-refractivity contribution in [1.82, 2.24) is 25.5 Å². The van der Waals surface area contributed by atoms with Gasteiger partial charge in [0, 0.05) is 12.6 Å². The highest BCUT2D eigenvalue weighted by atomic mass is 16.5. The third-order valence-electron chi connectivity index (χ3n) is 7.69. The lowest BCUT2D eigenvalue weighted by Gasteiger charge is -2.31. The third kappa shape index (κ3) is 5.82. The Bertz CT molecular complexity index is 1120. The van der Waals surface area contributed by atoms with Crippen LogP contribution in [-0.2, 0) is 0 Å². The van der Waals surface area contributed by atoms with Crippen LogP contribution in [0.2, 0.25) is 0 Å². The van der Waals surface area contributed by atoms with Crippen molar-refractivity contribution in [1.29, 1.82) is 5.41 Å².